The molecule has 0 amide bonds. The summed E-state index contributed by atoms with van der Waals surface area (Å²) in [5.74, 6) is 1.72. The minimum absolute atomic E-state index is 0.544. The highest BCUT2D eigenvalue weighted by Gasteiger charge is 2.24. The summed E-state index contributed by atoms with van der Waals surface area (Å²) in [6, 6.07) is 58.7. The Balaban J connectivity index is 1.26. The summed E-state index contributed by atoms with van der Waals surface area (Å²) in [7, 11) is 0. The molecule has 0 unspecified atom stereocenters. The number of aromatic nitrogens is 4. The maximum absolute atomic E-state index is 6.55. The van der Waals surface area contributed by atoms with Crippen LogP contribution in [0.1, 0.15) is 0 Å². The van der Waals surface area contributed by atoms with E-state index in [1.54, 1.807) is 11.3 Å². The fraction of sp³-hybridized carbons (Fsp3) is 0. The van der Waals surface area contributed by atoms with Crippen LogP contribution in [-0.2, 0) is 0 Å². The normalized spacial score (nSPS) is 11.7. The second-order valence-corrected chi connectivity index (χ2v) is 14.5. The summed E-state index contributed by atoms with van der Waals surface area (Å²) in [4.78, 5) is 21.4. The number of furan rings is 1. The van der Waals surface area contributed by atoms with Crippen LogP contribution in [-0.4, -0.2) is 19.9 Å². The van der Waals surface area contributed by atoms with Crippen LogP contribution in [0.15, 0.2) is 174 Å². The topological polar surface area (TPSA) is 64.7 Å². The third kappa shape index (κ3) is 5.07. The lowest BCUT2D eigenvalue weighted by atomic mass is 9.95. The Labute approximate surface area is 313 Å². The lowest BCUT2D eigenvalue weighted by Crippen LogP contribution is -2.02. The molecule has 0 bridgehead atoms. The summed E-state index contributed by atoms with van der Waals surface area (Å²) < 4.78 is 7.55. The molecule has 0 radical (unpaired) electrons. The fourth-order valence-electron chi connectivity index (χ4n) is 7.54. The number of rotatable bonds is 5. The Bertz CT molecular complexity index is 3220. The van der Waals surface area contributed by atoms with Gasteiger partial charge in [-0.3, -0.25) is 0 Å². The summed E-state index contributed by atoms with van der Waals surface area (Å²) in [5, 5.41) is 7.38. The Morgan fingerprint density at radius 2 is 1.02 bits per heavy atom. The molecule has 252 valence electrons. The number of nitrogens with zero attached hydrogens (tertiary/aromatic N) is 4. The zero-order valence-electron chi connectivity index (χ0n) is 28.8. The third-order valence-electron chi connectivity index (χ3n) is 10.1. The van der Waals surface area contributed by atoms with E-state index in [9.17, 15) is 0 Å². The molecule has 0 atom stereocenters. The van der Waals surface area contributed by atoms with E-state index in [0.717, 1.165) is 92.1 Å². The molecule has 6 heteroatoms. The number of hydrogen-bond acceptors (Lipinski definition) is 6. The Morgan fingerprint density at radius 3 is 1.80 bits per heavy atom. The monoisotopic (exact) mass is 708 g/mol. The van der Waals surface area contributed by atoms with Gasteiger partial charge in [0.15, 0.2) is 17.5 Å². The van der Waals surface area contributed by atoms with Gasteiger partial charge in [0, 0.05) is 33.5 Å². The van der Waals surface area contributed by atoms with E-state index in [4.69, 9.17) is 24.4 Å². The van der Waals surface area contributed by atoms with Crippen LogP contribution in [0.2, 0.25) is 0 Å². The Kier molecular flexibility index (Phi) is 6.97. The molecule has 3 aromatic heterocycles. The first-order valence-electron chi connectivity index (χ1n) is 17.9. The van der Waals surface area contributed by atoms with E-state index in [0.29, 0.717) is 17.5 Å². The molecule has 0 N–H and O–H groups in total. The lowest BCUT2D eigenvalue weighted by Gasteiger charge is -2.14. The predicted molar refractivity (Wildman–Crippen MR) is 222 cm³/mol. The van der Waals surface area contributed by atoms with Gasteiger partial charge in [0.05, 0.1) is 15.8 Å². The van der Waals surface area contributed by atoms with Crippen molar-refractivity contribution in [2.75, 3.05) is 0 Å². The largest absolute Gasteiger partial charge is 0.456 e. The van der Waals surface area contributed by atoms with Crippen molar-refractivity contribution in [1.29, 1.82) is 0 Å². The van der Waals surface area contributed by atoms with Gasteiger partial charge in [-0.25, -0.2) is 19.9 Å². The molecule has 0 aliphatic carbocycles. The standard InChI is InChI=1S/C48H28N4OS/c1-3-14-30(15-4-1)37-26-33-19-9-10-20-34(33)27-38(37)46-50-45(35-24-23-29-13-7-8-18-32(29)25-35)51-47(52-46)43-42-36-21-11-12-22-39(36)53-40(42)28-41-44(43)49-48(54-41)31-16-5-2-6-17-31/h1-28H. The highest BCUT2D eigenvalue weighted by atomic mass is 32.1. The van der Waals surface area contributed by atoms with Gasteiger partial charge in [-0.1, -0.05) is 140 Å². The molecule has 11 rings (SSSR count). The van der Waals surface area contributed by atoms with Crippen molar-refractivity contribution in [3.05, 3.63) is 170 Å². The molecule has 8 aromatic carbocycles. The molecular formula is C48H28N4OS. The van der Waals surface area contributed by atoms with Crippen molar-refractivity contribution in [3.63, 3.8) is 0 Å². The van der Waals surface area contributed by atoms with Crippen molar-refractivity contribution in [2.45, 2.75) is 0 Å². The first-order valence-corrected chi connectivity index (χ1v) is 18.7. The van der Waals surface area contributed by atoms with E-state index in [1.165, 1.54) is 0 Å². The average Bonchev–Trinajstić information content (AvgIpc) is 3.84. The minimum atomic E-state index is 0.544. The van der Waals surface area contributed by atoms with E-state index in [-0.39, 0.29) is 0 Å². The van der Waals surface area contributed by atoms with Crippen LogP contribution in [0.25, 0.3) is 110 Å². The Morgan fingerprint density at radius 1 is 0.407 bits per heavy atom. The van der Waals surface area contributed by atoms with Crippen LogP contribution in [0, 0.1) is 0 Å². The summed E-state index contributed by atoms with van der Waals surface area (Å²) >= 11 is 1.65. The molecular weight excluding hydrogens is 681 g/mol. The van der Waals surface area contributed by atoms with Crippen LogP contribution in [0.4, 0.5) is 0 Å². The summed E-state index contributed by atoms with van der Waals surface area (Å²) in [5.41, 5.74) is 8.27. The highest BCUT2D eigenvalue weighted by Crippen LogP contribution is 2.45. The molecule has 0 saturated carbocycles. The highest BCUT2D eigenvalue weighted by molar-refractivity contribution is 7.21. The Hall–Kier alpha value is -7.02. The number of hydrogen-bond donors (Lipinski definition) is 0. The van der Waals surface area contributed by atoms with Crippen LogP contribution in [0.5, 0.6) is 0 Å². The van der Waals surface area contributed by atoms with Crippen LogP contribution < -0.4 is 0 Å². The smallest absolute Gasteiger partial charge is 0.167 e. The van der Waals surface area contributed by atoms with Crippen molar-refractivity contribution >= 4 is 65.0 Å². The van der Waals surface area contributed by atoms with E-state index in [2.05, 4.69) is 127 Å². The van der Waals surface area contributed by atoms with Crippen molar-refractivity contribution < 1.29 is 4.42 Å². The summed E-state index contributed by atoms with van der Waals surface area (Å²) in [6.07, 6.45) is 0. The second kappa shape index (κ2) is 12.3. The molecule has 0 fully saturated rings. The van der Waals surface area contributed by atoms with Gasteiger partial charge in [-0.05, 0) is 56.9 Å². The van der Waals surface area contributed by atoms with Gasteiger partial charge >= 0.3 is 0 Å². The molecule has 3 heterocycles. The quantitative estimate of drug-likeness (QED) is 0.178. The van der Waals surface area contributed by atoms with Gasteiger partial charge in [0.2, 0.25) is 0 Å². The summed E-state index contributed by atoms with van der Waals surface area (Å²) in [6.45, 7) is 0. The van der Waals surface area contributed by atoms with E-state index < -0.39 is 0 Å². The van der Waals surface area contributed by atoms with Gasteiger partial charge in [-0.2, -0.15) is 0 Å². The number of para-hydroxylation sites is 1. The second-order valence-electron chi connectivity index (χ2n) is 13.4. The molecule has 0 saturated heterocycles. The average molecular weight is 709 g/mol. The molecule has 0 aliphatic heterocycles. The number of fused-ring (bicyclic) bond motifs is 6. The molecule has 54 heavy (non-hydrogen) atoms. The fourth-order valence-corrected chi connectivity index (χ4v) is 8.55. The number of thiazole rings is 1. The molecule has 11 aromatic rings. The van der Waals surface area contributed by atoms with Gasteiger partial charge in [-0.15, -0.1) is 11.3 Å². The molecule has 0 spiro atoms. The predicted octanol–water partition coefficient (Wildman–Crippen LogP) is 13.0. The van der Waals surface area contributed by atoms with Crippen molar-refractivity contribution in [3.8, 4) is 55.9 Å². The third-order valence-corrected chi connectivity index (χ3v) is 11.2. The number of benzene rings is 8. The van der Waals surface area contributed by atoms with Gasteiger partial charge < -0.3 is 4.42 Å². The molecule has 0 aliphatic rings. The molecule has 5 nitrogen and oxygen atoms in total. The zero-order chi connectivity index (χ0) is 35.6. The van der Waals surface area contributed by atoms with E-state index >= 15 is 0 Å². The van der Waals surface area contributed by atoms with Crippen molar-refractivity contribution in [1.82, 2.24) is 19.9 Å². The van der Waals surface area contributed by atoms with Crippen LogP contribution >= 0.6 is 11.3 Å². The van der Waals surface area contributed by atoms with Crippen molar-refractivity contribution in [2.24, 2.45) is 0 Å². The first-order chi connectivity index (χ1) is 26.7. The SMILES string of the molecule is c1ccc(-c2nc3c(-c4nc(-c5ccc6ccccc6c5)nc(-c5cc6ccccc6cc5-c5ccccc5)n4)c4c(cc3s2)oc2ccccc24)cc1. The lowest BCUT2D eigenvalue weighted by molar-refractivity contribution is 0.669. The van der Waals surface area contributed by atoms with Crippen LogP contribution in [0.3, 0.4) is 0 Å². The van der Waals surface area contributed by atoms with Gasteiger partial charge in [0.25, 0.3) is 0 Å². The first kappa shape index (κ1) is 30.6. The maximum Gasteiger partial charge on any atom is 0.167 e. The zero-order valence-corrected chi connectivity index (χ0v) is 29.6. The van der Waals surface area contributed by atoms with E-state index in [1.807, 2.05) is 42.5 Å². The maximum atomic E-state index is 6.55. The minimum Gasteiger partial charge on any atom is -0.456 e. The van der Waals surface area contributed by atoms with Gasteiger partial charge in [0.1, 0.15) is 16.2 Å².